The number of hydrogen-bond acceptors (Lipinski definition) is 6. The Hall–Kier alpha value is -2.09. The number of nitrogens with one attached hydrogen (secondary N) is 1. The van der Waals surface area contributed by atoms with Crippen molar-refractivity contribution in [1.29, 1.82) is 0 Å². The Labute approximate surface area is 167 Å². The second-order valence-corrected chi connectivity index (χ2v) is 6.97. The minimum absolute atomic E-state index is 0.165. The zero-order valence-corrected chi connectivity index (χ0v) is 17.0. The summed E-state index contributed by atoms with van der Waals surface area (Å²) in [6, 6.07) is 6.74. The van der Waals surface area contributed by atoms with Crippen LogP contribution in [0.15, 0.2) is 24.3 Å². The minimum atomic E-state index is -0.407. The molecule has 0 atom stereocenters. The molecule has 0 fully saturated rings. The zero-order chi connectivity index (χ0) is 19.8. The molecule has 0 aliphatic heterocycles. The molecule has 1 aromatic carbocycles. The lowest BCUT2D eigenvalue weighted by molar-refractivity contribution is -0.118. The largest absolute Gasteiger partial charge is 0.484 e. The molecule has 0 unspecified atom stereocenters. The number of ether oxygens (including phenoxy) is 3. The predicted molar refractivity (Wildman–Crippen MR) is 106 cm³/mol. The summed E-state index contributed by atoms with van der Waals surface area (Å²) in [6.07, 6.45) is 0. The third-order valence-electron chi connectivity index (χ3n) is 3.62. The van der Waals surface area contributed by atoms with Gasteiger partial charge >= 0.3 is 5.97 Å². The number of esters is 1. The molecular formula is C19H22ClNO5S. The molecule has 0 aliphatic rings. The van der Waals surface area contributed by atoms with Crippen molar-refractivity contribution in [3.63, 3.8) is 0 Å². The van der Waals surface area contributed by atoms with Crippen LogP contribution in [0.25, 0.3) is 0 Å². The summed E-state index contributed by atoms with van der Waals surface area (Å²) in [5.41, 5.74) is 1.52. The van der Waals surface area contributed by atoms with Crippen LogP contribution in [0.3, 0.4) is 0 Å². The zero-order valence-electron chi connectivity index (χ0n) is 15.5. The number of benzene rings is 1. The molecule has 1 amide bonds. The number of hydrogen-bond donors (Lipinski definition) is 1. The molecule has 2 rings (SSSR count). The van der Waals surface area contributed by atoms with E-state index in [0.717, 1.165) is 11.1 Å². The molecule has 1 N–H and O–H groups in total. The Kier molecular flexibility index (Phi) is 8.09. The van der Waals surface area contributed by atoms with Crippen molar-refractivity contribution in [3.05, 3.63) is 45.3 Å². The highest BCUT2D eigenvalue weighted by Gasteiger charge is 2.22. The van der Waals surface area contributed by atoms with Crippen LogP contribution in [0, 0.1) is 6.92 Å². The van der Waals surface area contributed by atoms with E-state index in [-0.39, 0.29) is 19.1 Å². The van der Waals surface area contributed by atoms with E-state index in [2.05, 4.69) is 5.32 Å². The summed E-state index contributed by atoms with van der Waals surface area (Å²) >= 11 is 7.00. The Balaban J connectivity index is 2.10. The van der Waals surface area contributed by atoms with E-state index in [4.69, 9.17) is 25.8 Å². The summed E-state index contributed by atoms with van der Waals surface area (Å²) in [7, 11) is 0. The number of thiophene rings is 1. The van der Waals surface area contributed by atoms with Crippen molar-refractivity contribution in [2.75, 3.05) is 25.1 Å². The van der Waals surface area contributed by atoms with Gasteiger partial charge in [-0.2, -0.15) is 0 Å². The monoisotopic (exact) mass is 411 g/mol. The highest BCUT2D eigenvalue weighted by atomic mass is 35.5. The summed E-state index contributed by atoms with van der Waals surface area (Å²) in [4.78, 5) is 24.9. The topological polar surface area (TPSA) is 73.9 Å². The molecule has 1 heterocycles. The molecule has 8 heteroatoms. The Morgan fingerprint density at radius 2 is 1.85 bits per heavy atom. The molecule has 0 saturated heterocycles. The van der Waals surface area contributed by atoms with E-state index >= 15 is 0 Å². The molecule has 0 bridgehead atoms. The molecule has 0 saturated carbocycles. The first-order chi connectivity index (χ1) is 13.0. The first-order valence-corrected chi connectivity index (χ1v) is 9.71. The van der Waals surface area contributed by atoms with Crippen LogP contribution in [0.2, 0.25) is 5.02 Å². The van der Waals surface area contributed by atoms with E-state index in [9.17, 15) is 9.59 Å². The molecule has 2 aromatic rings. The SMILES string of the molecule is CCOCc1c(NC(=O)COc2ccc(Cl)cc2)sc(C(=O)OCC)c1C. The van der Waals surface area contributed by atoms with Crippen LogP contribution in [-0.2, 0) is 20.9 Å². The van der Waals surface area contributed by atoms with Gasteiger partial charge in [0, 0.05) is 17.2 Å². The maximum absolute atomic E-state index is 12.3. The lowest BCUT2D eigenvalue weighted by Gasteiger charge is -2.09. The second-order valence-electron chi connectivity index (χ2n) is 5.51. The third-order valence-corrected chi connectivity index (χ3v) is 5.10. The van der Waals surface area contributed by atoms with Crippen molar-refractivity contribution >= 4 is 39.8 Å². The van der Waals surface area contributed by atoms with Crippen LogP contribution in [0.4, 0.5) is 5.00 Å². The first-order valence-electron chi connectivity index (χ1n) is 8.51. The van der Waals surface area contributed by atoms with Crippen LogP contribution in [0.1, 0.15) is 34.6 Å². The molecule has 0 spiro atoms. The van der Waals surface area contributed by atoms with Crippen molar-refractivity contribution in [2.24, 2.45) is 0 Å². The quantitative estimate of drug-likeness (QED) is 0.617. The van der Waals surface area contributed by atoms with Crippen molar-refractivity contribution < 1.29 is 23.8 Å². The summed E-state index contributed by atoms with van der Waals surface area (Å²) in [5, 5.41) is 3.95. The van der Waals surface area contributed by atoms with Crippen molar-refractivity contribution in [1.82, 2.24) is 0 Å². The lowest BCUT2D eigenvalue weighted by Crippen LogP contribution is -2.20. The van der Waals surface area contributed by atoms with Crippen LogP contribution >= 0.6 is 22.9 Å². The van der Waals surface area contributed by atoms with Gasteiger partial charge in [0.2, 0.25) is 0 Å². The van der Waals surface area contributed by atoms with E-state index < -0.39 is 5.97 Å². The van der Waals surface area contributed by atoms with Gasteiger partial charge in [-0.1, -0.05) is 11.6 Å². The fraction of sp³-hybridized carbons (Fsp3) is 0.368. The van der Waals surface area contributed by atoms with Crippen molar-refractivity contribution in [3.8, 4) is 5.75 Å². The standard InChI is InChI=1S/C19H22ClNO5S/c1-4-24-10-15-12(3)17(19(23)25-5-2)27-18(15)21-16(22)11-26-14-8-6-13(20)7-9-14/h6-9H,4-5,10-11H2,1-3H3,(H,21,22). The summed E-state index contributed by atoms with van der Waals surface area (Å²) in [5.74, 6) is -0.200. The van der Waals surface area contributed by atoms with Gasteiger partial charge in [0.1, 0.15) is 15.6 Å². The summed E-state index contributed by atoms with van der Waals surface area (Å²) in [6.45, 7) is 6.39. The number of carbonyl (C=O) groups excluding carboxylic acids is 2. The number of amides is 1. The maximum atomic E-state index is 12.3. The van der Waals surface area contributed by atoms with Gasteiger partial charge in [-0.15, -0.1) is 11.3 Å². The Morgan fingerprint density at radius 1 is 1.15 bits per heavy atom. The lowest BCUT2D eigenvalue weighted by atomic mass is 10.1. The molecule has 27 heavy (non-hydrogen) atoms. The van der Waals surface area contributed by atoms with Crippen LogP contribution in [0.5, 0.6) is 5.75 Å². The van der Waals surface area contributed by atoms with Crippen LogP contribution in [-0.4, -0.2) is 31.7 Å². The Bertz CT molecular complexity index is 788. The van der Waals surface area contributed by atoms with Crippen LogP contribution < -0.4 is 10.1 Å². The van der Waals surface area contributed by atoms with Gasteiger partial charge < -0.3 is 19.5 Å². The minimum Gasteiger partial charge on any atom is -0.484 e. The van der Waals surface area contributed by atoms with Gasteiger partial charge in [-0.05, 0) is 50.6 Å². The predicted octanol–water partition coefficient (Wildman–Crippen LogP) is 4.44. The molecule has 6 nitrogen and oxygen atoms in total. The fourth-order valence-corrected chi connectivity index (χ4v) is 3.51. The molecule has 146 valence electrons. The molecule has 1 aromatic heterocycles. The fourth-order valence-electron chi connectivity index (χ4n) is 2.26. The van der Waals surface area contributed by atoms with Gasteiger partial charge in [-0.25, -0.2) is 4.79 Å². The summed E-state index contributed by atoms with van der Waals surface area (Å²) < 4.78 is 16.0. The van der Waals surface area contributed by atoms with Gasteiger partial charge in [-0.3, -0.25) is 4.79 Å². The first kappa shape index (κ1) is 21.2. The molecule has 0 radical (unpaired) electrons. The van der Waals surface area contributed by atoms with Crippen molar-refractivity contribution in [2.45, 2.75) is 27.4 Å². The highest BCUT2D eigenvalue weighted by molar-refractivity contribution is 7.18. The third kappa shape index (κ3) is 5.95. The van der Waals surface area contributed by atoms with E-state index in [1.165, 1.54) is 11.3 Å². The highest BCUT2D eigenvalue weighted by Crippen LogP contribution is 2.34. The molecular weight excluding hydrogens is 390 g/mol. The number of halogens is 1. The second kappa shape index (κ2) is 10.3. The normalized spacial score (nSPS) is 10.5. The number of anilines is 1. The number of rotatable bonds is 9. The van der Waals surface area contributed by atoms with Gasteiger partial charge in [0.25, 0.3) is 5.91 Å². The smallest absolute Gasteiger partial charge is 0.348 e. The average Bonchev–Trinajstić information content (AvgIpc) is 2.95. The van der Waals surface area contributed by atoms with Gasteiger partial charge in [0.15, 0.2) is 6.61 Å². The number of carbonyl (C=O) groups is 2. The molecule has 0 aliphatic carbocycles. The van der Waals surface area contributed by atoms with E-state index in [1.54, 1.807) is 31.2 Å². The maximum Gasteiger partial charge on any atom is 0.348 e. The van der Waals surface area contributed by atoms with E-state index in [1.807, 2.05) is 13.8 Å². The van der Waals surface area contributed by atoms with Gasteiger partial charge in [0.05, 0.1) is 13.2 Å². The average molecular weight is 412 g/mol. The Morgan fingerprint density at radius 3 is 2.48 bits per heavy atom. The van der Waals surface area contributed by atoms with E-state index in [0.29, 0.717) is 33.9 Å².